The molecule has 1 amide bonds. The molecular weight excluding hydrogens is 431 g/mol. The highest BCUT2D eigenvalue weighted by atomic mass is 32.2. The molecule has 0 heterocycles. The van der Waals surface area contributed by atoms with Gasteiger partial charge in [-0.25, -0.2) is 8.42 Å². The average Bonchev–Trinajstić information content (AvgIpc) is 2.64. The summed E-state index contributed by atoms with van der Waals surface area (Å²) in [6.07, 6.45) is -3.76. The minimum Gasteiger partial charge on any atom is -0.495 e. The first-order valence-electron chi connectivity index (χ1n) is 8.10. The fraction of sp³-hybridized carbons (Fsp3) is 0.235. The average molecular weight is 447 g/mol. The number of rotatable bonds is 7. The van der Waals surface area contributed by atoms with Crippen LogP contribution >= 0.6 is 0 Å². The number of anilines is 2. The van der Waals surface area contributed by atoms with Crippen LogP contribution in [0.2, 0.25) is 0 Å². The van der Waals surface area contributed by atoms with Gasteiger partial charge in [0.05, 0.1) is 23.9 Å². The number of nitro groups is 1. The number of methoxy groups -OCH3 is 1. The third kappa shape index (κ3) is 5.59. The van der Waals surface area contributed by atoms with Crippen molar-refractivity contribution in [2.45, 2.75) is 6.18 Å². The Hall–Kier alpha value is -3.35. The Labute approximate surface area is 169 Å². The molecule has 2 rings (SSSR count). The molecule has 0 aromatic heterocycles. The molecule has 30 heavy (non-hydrogen) atoms. The predicted octanol–water partition coefficient (Wildman–Crippen LogP) is 3.03. The number of nitrogens with one attached hydrogen (secondary N) is 1. The molecule has 0 aliphatic rings. The molecule has 0 saturated heterocycles. The summed E-state index contributed by atoms with van der Waals surface area (Å²) in [5.74, 6) is -0.915. The van der Waals surface area contributed by atoms with Gasteiger partial charge in [-0.05, 0) is 30.3 Å². The van der Waals surface area contributed by atoms with Crippen molar-refractivity contribution < 1.29 is 36.0 Å². The Morgan fingerprint density at radius 2 is 1.80 bits per heavy atom. The van der Waals surface area contributed by atoms with Gasteiger partial charge in [-0.2, -0.15) is 13.2 Å². The smallest absolute Gasteiger partial charge is 0.416 e. The Kier molecular flexibility index (Phi) is 6.55. The van der Waals surface area contributed by atoms with Gasteiger partial charge in [0.25, 0.3) is 5.69 Å². The number of sulfonamides is 1. The fourth-order valence-electron chi connectivity index (χ4n) is 2.44. The fourth-order valence-corrected chi connectivity index (χ4v) is 3.29. The molecule has 0 spiro atoms. The number of nitrogens with zero attached hydrogens (tertiary/aromatic N) is 2. The van der Waals surface area contributed by atoms with Crippen LogP contribution in [0.25, 0.3) is 0 Å². The molecule has 0 unspecified atom stereocenters. The minimum atomic E-state index is -4.55. The van der Waals surface area contributed by atoms with E-state index in [4.69, 9.17) is 4.74 Å². The zero-order valence-electron chi connectivity index (χ0n) is 15.6. The highest BCUT2D eigenvalue weighted by molar-refractivity contribution is 7.92. The van der Waals surface area contributed by atoms with Crippen molar-refractivity contribution in [1.82, 2.24) is 0 Å². The van der Waals surface area contributed by atoms with Crippen molar-refractivity contribution in [2.24, 2.45) is 0 Å². The van der Waals surface area contributed by atoms with Crippen LogP contribution in [-0.4, -0.2) is 39.2 Å². The van der Waals surface area contributed by atoms with E-state index in [1.165, 1.54) is 13.2 Å². The van der Waals surface area contributed by atoms with Crippen molar-refractivity contribution in [3.63, 3.8) is 0 Å². The van der Waals surface area contributed by atoms with Crippen LogP contribution in [0.3, 0.4) is 0 Å². The molecule has 0 fully saturated rings. The first kappa shape index (κ1) is 22.9. The Balaban J connectivity index is 2.31. The second-order valence-electron chi connectivity index (χ2n) is 6.01. The van der Waals surface area contributed by atoms with E-state index in [-0.39, 0.29) is 17.1 Å². The summed E-state index contributed by atoms with van der Waals surface area (Å²) in [7, 11) is -2.87. The number of amides is 1. The largest absolute Gasteiger partial charge is 0.495 e. The van der Waals surface area contributed by atoms with Crippen LogP contribution in [0.15, 0.2) is 42.5 Å². The van der Waals surface area contributed by atoms with Crippen LogP contribution in [0.5, 0.6) is 5.75 Å². The highest BCUT2D eigenvalue weighted by Gasteiger charge is 2.30. The first-order valence-corrected chi connectivity index (χ1v) is 9.95. The predicted molar refractivity (Wildman–Crippen MR) is 102 cm³/mol. The van der Waals surface area contributed by atoms with Crippen molar-refractivity contribution in [2.75, 3.05) is 29.5 Å². The first-order chi connectivity index (χ1) is 13.8. The van der Waals surface area contributed by atoms with E-state index in [1.807, 2.05) is 0 Å². The number of hydrogen-bond donors (Lipinski definition) is 1. The Morgan fingerprint density at radius 1 is 1.20 bits per heavy atom. The van der Waals surface area contributed by atoms with Gasteiger partial charge in [0, 0.05) is 17.8 Å². The highest BCUT2D eigenvalue weighted by Crippen LogP contribution is 2.34. The topological polar surface area (TPSA) is 119 Å². The van der Waals surface area contributed by atoms with Gasteiger partial charge in [0.1, 0.15) is 18.0 Å². The maximum atomic E-state index is 12.6. The zero-order chi connectivity index (χ0) is 22.7. The van der Waals surface area contributed by atoms with Gasteiger partial charge in [0.2, 0.25) is 15.9 Å². The van der Waals surface area contributed by atoms with Crippen molar-refractivity contribution >= 4 is 33.0 Å². The molecule has 0 radical (unpaired) electrons. The SMILES string of the molecule is COc1ccc([N+](=O)[O-])cc1N(CC(=O)Nc1ccc(C(F)(F)F)cc1)S(C)(=O)=O. The summed E-state index contributed by atoms with van der Waals surface area (Å²) in [6, 6.07) is 6.76. The lowest BCUT2D eigenvalue weighted by atomic mass is 10.2. The van der Waals surface area contributed by atoms with E-state index in [0.29, 0.717) is 4.31 Å². The second kappa shape index (κ2) is 8.57. The number of halogens is 3. The lowest BCUT2D eigenvalue weighted by molar-refractivity contribution is -0.384. The van der Waals surface area contributed by atoms with Crippen LogP contribution in [0.4, 0.5) is 30.2 Å². The van der Waals surface area contributed by atoms with Crippen molar-refractivity contribution in [3.05, 3.63) is 58.1 Å². The summed E-state index contributed by atoms with van der Waals surface area (Å²) in [5.41, 5.74) is -1.58. The molecule has 1 N–H and O–H groups in total. The van der Waals surface area contributed by atoms with E-state index in [9.17, 15) is 36.5 Å². The van der Waals surface area contributed by atoms with Gasteiger partial charge >= 0.3 is 6.18 Å². The quantitative estimate of drug-likeness (QED) is 0.515. The van der Waals surface area contributed by atoms with Gasteiger partial charge in [0.15, 0.2) is 0 Å². The number of non-ortho nitro benzene ring substituents is 1. The molecule has 2 aromatic rings. The van der Waals surface area contributed by atoms with Gasteiger partial charge < -0.3 is 10.1 Å². The number of hydrogen-bond acceptors (Lipinski definition) is 6. The minimum absolute atomic E-state index is 0.00691. The molecule has 0 atom stereocenters. The number of benzene rings is 2. The molecule has 162 valence electrons. The van der Waals surface area contributed by atoms with Gasteiger partial charge in [-0.3, -0.25) is 19.2 Å². The van der Waals surface area contributed by atoms with E-state index < -0.39 is 44.8 Å². The summed E-state index contributed by atoms with van der Waals surface area (Å²) < 4.78 is 67.9. The summed E-state index contributed by atoms with van der Waals surface area (Å²) in [6.45, 7) is -0.794. The molecule has 0 aliphatic carbocycles. The van der Waals surface area contributed by atoms with Gasteiger partial charge in [-0.1, -0.05) is 0 Å². The van der Waals surface area contributed by atoms with Crippen molar-refractivity contribution in [3.8, 4) is 5.75 Å². The summed E-state index contributed by atoms with van der Waals surface area (Å²) >= 11 is 0. The van der Waals surface area contributed by atoms with E-state index >= 15 is 0 Å². The molecule has 13 heteroatoms. The maximum absolute atomic E-state index is 12.6. The molecule has 0 bridgehead atoms. The zero-order valence-corrected chi connectivity index (χ0v) is 16.5. The van der Waals surface area contributed by atoms with Crippen LogP contribution in [0.1, 0.15) is 5.56 Å². The number of ether oxygens (including phenoxy) is 1. The van der Waals surface area contributed by atoms with Crippen LogP contribution in [0, 0.1) is 10.1 Å². The van der Waals surface area contributed by atoms with Crippen LogP contribution < -0.4 is 14.4 Å². The lowest BCUT2D eigenvalue weighted by Gasteiger charge is -2.23. The molecule has 9 nitrogen and oxygen atoms in total. The third-order valence-corrected chi connectivity index (χ3v) is 4.95. The molecular formula is C17H16F3N3O6S. The molecule has 0 aliphatic heterocycles. The number of nitro benzene ring substituents is 1. The van der Waals surface area contributed by atoms with Gasteiger partial charge in [-0.15, -0.1) is 0 Å². The number of carbonyl (C=O) groups excluding carboxylic acids is 1. The molecule has 2 aromatic carbocycles. The monoisotopic (exact) mass is 447 g/mol. The number of alkyl halides is 3. The Bertz CT molecular complexity index is 1060. The van der Waals surface area contributed by atoms with E-state index in [2.05, 4.69) is 5.32 Å². The normalized spacial score (nSPS) is 11.6. The number of carbonyl (C=O) groups is 1. The summed E-state index contributed by atoms with van der Waals surface area (Å²) in [4.78, 5) is 22.6. The van der Waals surface area contributed by atoms with Crippen molar-refractivity contribution in [1.29, 1.82) is 0 Å². The van der Waals surface area contributed by atoms with E-state index in [1.54, 1.807) is 0 Å². The lowest BCUT2D eigenvalue weighted by Crippen LogP contribution is -2.37. The standard InChI is InChI=1S/C17H16F3N3O6S/c1-29-15-8-7-13(23(25)26)9-14(15)22(30(2,27)28)10-16(24)21-12-5-3-11(4-6-12)17(18,19)20/h3-9H,10H2,1-2H3,(H,21,24). The van der Waals surface area contributed by atoms with E-state index in [0.717, 1.165) is 42.7 Å². The molecule has 0 saturated carbocycles. The maximum Gasteiger partial charge on any atom is 0.416 e. The third-order valence-electron chi connectivity index (χ3n) is 3.83. The summed E-state index contributed by atoms with van der Waals surface area (Å²) in [5, 5.41) is 13.3. The van der Waals surface area contributed by atoms with Crippen LogP contribution in [-0.2, 0) is 21.0 Å². The Morgan fingerprint density at radius 3 is 2.27 bits per heavy atom. The second-order valence-corrected chi connectivity index (χ2v) is 7.91.